The highest BCUT2D eigenvalue weighted by molar-refractivity contribution is 7.07. The summed E-state index contributed by atoms with van der Waals surface area (Å²) >= 11 is 1.52. The summed E-state index contributed by atoms with van der Waals surface area (Å²) in [4.78, 5) is 11.2. The molecule has 1 unspecified atom stereocenters. The molecule has 0 saturated carbocycles. The average molecular weight is 223 g/mol. The Kier molecular flexibility index (Phi) is 4.88. The second kappa shape index (κ2) is 6.23. The third-order valence-electron chi connectivity index (χ3n) is 1.92. The third-order valence-corrected chi connectivity index (χ3v) is 2.62. The molecule has 80 valence electrons. The number of rotatable bonds is 5. The van der Waals surface area contributed by atoms with Gasteiger partial charge < -0.3 is 10.4 Å². The Morgan fingerprint density at radius 3 is 3.13 bits per heavy atom. The molecule has 1 rings (SSSR count). The lowest BCUT2D eigenvalue weighted by Gasteiger charge is -2.09. The standard InChI is InChI=1S/C11H13NO2S/c1-2-3-4-11(14)12-7-10(13)9-5-6-15-8-9/h1,5-6,8,10,13H,3-4,7H2,(H,12,14). The molecule has 0 fully saturated rings. The zero-order chi connectivity index (χ0) is 11.1. The molecule has 0 saturated heterocycles. The molecule has 0 aromatic carbocycles. The number of carbonyl (C=O) groups is 1. The maximum Gasteiger partial charge on any atom is 0.221 e. The van der Waals surface area contributed by atoms with E-state index in [1.165, 1.54) is 11.3 Å². The van der Waals surface area contributed by atoms with Crippen molar-refractivity contribution in [3.8, 4) is 12.3 Å². The van der Waals surface area contributed by atoms with Gasteiger partial charge in [0.25, 0.3) is 0 Å². The monoisotopic (exact) mass is 223 g/mol. The molecule has 0 bridgehead atoms. The minimum absolute atomic E-state index is 0.123. The zero-order valence-electron chi connectivity index (χ0n) is 8.27. The third kappa shape index (κ3) is 4.15. The van der Waals surface area contributed by atoms with Crippen LogP contribution in [0, 0.1) is 12.3 Å². The Bertz CT molecular complexity index is 340. The molecule has 3 nitrogen and oxygen atoms in total. The highest BCUT2D eigenvalue weighted by atomic mass is 32.1. The number of hydrogen-bond acceptors (Lipinski definition) is 3. The molecule has 1 atom stereocenters. The van der Waals surface area contributed by atoms with Gasteiger partial charge in [0.1, 0.15) is 0 Å². The Morgan fingerprint density at radius 2 is 2.53 bits per heavy atom. The second-order valence-electron chi connectivity index (χ2n) is 3.08. The van der Waals surface area contributed by atoms with E-state index in [4.69, 9.17) is 6.42 Å². The van der Waals surface area contributed by atoms with Crippen molar-refractivity contribution in [2.75, 3.05) is 6.54 Å². The molecule has 0 radical (unpaired) electrons. The molecule has 1 heterocycles. The van der Waals surface area contributed by atoms with Crippen LogP contribution >= 0.6 is 11.3 Å². The lowest BCUT2D eigenvalue weighted by atomic mass is 10.2. The van der Waals surface area contributed by atoms with E-state index in [2.05, 4.69) is 11.2 Å². The van der Waals surface area contributed by atoms with E-state index in [1.54, 1.807) is 0 Å². The van der Waals surface area contributed by atoms with Gasteiger partial charge in [0.05, 0.1) is 6.10 Å². The van der Waals surface area contributed by atoms with Crippen molar-refractivity contribution in [2.24, 2.45) is 0 Å². The quantitative estimate of drug-likeness (QED) is 0.739. The molecule has 0 aliphatic heterocycles. The van der Waals surface area contributed by atoms with Gasteiger partial charge in [-0.2, -0.15) is 11.3 Å². The maximum absolute atomic E-state index is 11.2. The van der Waals surface area contributed by atoms with Gasteiger partial charge in [-0.05, 0) is 22.4 Å². The molecule has 0 spiro atoms. The first-order valence-electron chi connectivity index (χ1n) is 4.64. The summed E-state index contributed by atoms with van der Waals surface area (Å²) in [5.41, 5.74) is 0.831. The van der Waals surface area contributed by atoms with E-state index in [0.29, 0.717) is 12.8 Å². The minimum atomic E-state index is -0.633. The maximum atomic E-state index is 11.2. The zero-order valence-corrected chi connectivity index (χ0v) is 9.09. The molecular formula is C11H13NO2S. The number of aliphatic hydroxyl groups is 1. The van der Waals surface area contributed by atoms with Crippen LogP contribution in [0.25, 0.3) is 0 Å². The van der Waals surface area contributed by atoms with E-state index in [9.17, 15) is 9.90 Å². The number of nitrogens with one attached hydrogen (secondary N) is 1. The van der Waals surface area contributed by atoms with Crippen molar-refractivity contribution >= 4 is 17.2 Å². The topological polar surface area (TPSA) is 49.3 Å². The van der Waals surface area contributed by atoms with Crippen LogP contribution in [-0.2, 0) is 4.79 Å². The fraction of sp³-hybridized carbons (Fsp3) is 0.364. The Labute approximate surface area is 93.1 Å². The SMILES string of the molecule is C#CCCC(=O)NCC(O)c1ccsc1. The minimum Gasteiger partial charge on any atom is -0.387 e. The molecular weight excluding hydrogens is 210 g/mol. The van der Waals surface area contributed by atoms with Crippen LogP contribution in [0.4, 0.5) is 0 Å². The number of carbonyl (C=O) groups excluding carboxylic acids is 1. The summed E-state index contributed by atoms with van der Waals surface area (Å²) < 4.78 is 0. The van der Waals surface area contributed by atoms with Crippen molar-refractivity contribution < 1.29 is 9.90 Å². The smallest absolute Gasteiger partial charge is 0.221 e. The molecule has 0 aliphatic rings. The van der Waals surface area contributed by atoms with Gasteiger partial charge in [-0.25, -0.2) is 0 Å². The summed E-state index contributed by atoms with van der Waals surface area (Å²) in [5.74, 6) is 2.27. The second-order valence-corrected chi connectivity index (χ2v) is 3.86. The van der Waals surface area contributed by atoms with E-state index >= 15 is 0 Å². The average Bonchev–Trinajstić information content (AvgIpc) is 2.76. The summed E-state index contributed by atoms with van der Waals surface area (Å²) in [6.07, 6.45) is 5.14. The summed E-state index contributed by atoms with van der Waals surface area (Å²) in [6.45, 7) is 0.236. The van der Waals surface area contributed by atoms with Gasteiger partial charge in [0.2, 0.25) is 5.91 Å². The largest absolute Gasteiger partial charge is 0.387 e. The Morgan fingerprint density at radius 1 is 1.73 bits per heavy atom. The number of hydrogen-bond donors (Lipinski definition) is 2. The lowest BCUT2D eigenvalue weighted by Crippen LogP contribution is -2.27. The van der Waals surface area contributed by atoms with E-state index in [-0.39, 0.29) is 12.5 Å². The van der Waals surface area contributed by atoms with Gasteiger partial charge in [-0.3, -0.25) is 4.79 Å². The Hall–Kier alpha value is -1.31. The summed E-state index contributed by atoms with van der Waals surface area (Å²) in [5, 5.41) is 16.0. The normalized spacial score (nSPS) is 11.7. The van der Waals surface area contributed by atoms with E-state index in [1.807, 2.05) is 16.8 Å². The molecule has 4 heteroatoms. The molecule has 2 N–H and O–H groups in total. The predicted octanol–water partition coefficient (Wildman–Crippen LogP) is 1.31. The highest BCUT2D eigenvalue weighted by Gasteiger charge is 2.08. The van der Waals surface area contributed by atoms with E-state index in [0.717, 1.165) is 5.56 Å². The first kappa shape index (κ1) is 11.8. The van der Waals surface area contributed by atoms with Crippen LogP contribution < -0.4 is 5.32 Å². The van der Waals surface area contributed by atoms with Crippen LogP contribution in [0.1, 0.15) is 24.5 Å². The molecule has 1 aromatic heterocycles. The summed E-state index contributed by atoms with van der Waals surface area (Å²) in [6, 6.07) is 1.84. The molecule has 0 aliphatic carbocycles. The summed E-state index contributed by atoms with van der Waals surface area (Å²) in [7, 11) is 0. The van der Waals surface area contributed by atoms with Gasteiger partial charge in [0.15, 0.2) is 0 Å². The Balaban J connectivity index is 2.26. The first-order chi connectivity index (χ1) is 7.24. The van der Waals surface area contributed by atoms with Gasteiger partial charge >= 0.3 is 0 Å². The van der Waals surface area contributed by atoms with Gasteiger partial charge in [0, 0.05) is 19.4 Å². The molecule has 1 amide bonds. The number of terminal acetylenes is 1. The van der Waals surface area contributed by atoms with Gasteiger partial charge in [-0.1, -0.05) is 0 Å². The van der Waals surface area contributed by atoms with Gasteiger partial charge in [-0.15, -0.1) is 12.3 Å². The van der Waals surface area contributed by atoms with Crippen LogP contribution in [-0.4, -0.2) is 17.6 Å². The highest BCUT2D eigenvalue weighted by Crippen LogP contribution is 2.14. The van der Waals surface area contributed by atoms with Crippen molar-refractivity contribution in [3.63, 3.8) is 0 Å². The van der Waals surface area contributed by atoms with Crippen molar-refractivity contribution in [1.82, 2.24) is 5.32 Å². The van der Waals surface area contributed by atoms with Crippen molar-refractivity contribution in [1.29, 1.82) is 0 Å². The van der Waals surface area contributed by atoms with Crippen LogP contribution in [0.15, 0.2) is 16.8 Å². The van der Waals surface area contributed by atoms with Crippen LogP contribution in [0.2, 0.25) is 0 Å². The van der Waals surface area contributed by atoms with Crippen LogP contribution in [0.5, 0.6) is 0 Å². The van der Waals surface area contributed by atoms with E-state index < -0.39 is 6.10 Å². The number of thiophene rings is 1. The predicted molar refractivity (Wildman–Crippen MR) is 60.4 cm³/mol. The molecule has 15 heavy (non-hydrogen) atoms. The van der Waals surface area contributed by atoms with Crippen molar-refractivity contribution in [3.05, 3.63) is 22.4 Å². The van der Waals surface area contributed by atoms with Crippen LogP contribution in [0.3, 0.4) is 0 Å². The number of aliphatic hydroxyl groups excluding tert-OH is 1. The van der Waals surface area contributed by atoms with Crippen molar-refractivity contribution in [2.45, 2.75) is 18.9 Å². The first-order valence-corrected chi connectivity index (χ1v) is 5.58. The lowest BCUT2D eigenvalue weighted by molar-refractivity contribution is -0.121. The fourth-order valence-corrected chi connectivity index (χ4v) is 1.77. The fourth-order valence-electron chi connectivity index (χ4n) is 1.07. The molecule has 1 aromatic rings. The number of amides is 1.